The maximum absolute atomic E-state index is 11.3. The fraction of sp³-hybridized carbons (Fsp3) is 0.467. The van der Waals surface area contributed by atoms with Gasteiger partial charge in [-0.25, -0.2) is 4.79 Å². The molecule has 2 N–H and O–H groups in total. The van der Waals surface area contributed by atoms with Crippen LogP contribution < -0.4 is 4.74 Å². The molecule has 1 fully saturated rings. The van der Waals surface area contributed by atoms with Gasteiger partial charge in [-0.2, -0.15) is 0 Å². The molecular weight excluding hydrogens is 274 g/mol. The number of methoxy groups -OCH3 is 1. The molecule has 0 bridgehead atoms. The molecular formula is C15H17NO5. The molecule has 1 saturated carbocycles. The van der Waals surface area contributed by atoms with E-state index in [1.54, 1.807) is 18.2 Å². The van der Waals surface area contributed by atoms with Crippen LogP contribution in [0, 0.1) is 11.8 Å². The normalized spacial score (nSPS) is 27.0. The molecule has 0 saturated heterocycles. The predicted molar refractivity (Wildman–Crippen MR) is 74.7 cm³/mol. The second-order valence-corrected chi connectivity index (χ2v) is 5.47. The Hall–Kier alpha value is -2.08. The Morgan fingerprint density at radius 1 is 1.48 bits per heavy atom. The third-order valence-corrected chi connectivity index (χ3v) is 4.22. The van der Waals surface area contributed by atoms with Crippen LogP contribution in [0.15, 0.2) is 23.4 Å². The van der Waals surface area contributed by atoms with Crippen LogP contribution in [0.1, 0.15) is 28.8 Å². The Balaban J connectivity index is 1.91. The highest BCUT2D eigenvalue weighted by molar-refractivity contribution is 6.05. The number of fused-ring (bicyclic) bond motifs is 1. The van der Waals surface area contributed by atoms with Crippen LogP contribution in [0.4, 0.5) is 0 Å². The van der Waals surface area contributed by atoms with Crippen LogP contribution in [0.5, 0.6) is 5.75 Å². The molecule has 1 aliphatic heterocycles. The van der Waals surface area contributed by atoms with Crippen molar-refractivity contribution in [3.05, 3.63) is 29.3 Å². The van der Waals surface area contributed by atoms with Crippen molar-refractivity contribution in [2.75, 3.05) is 13.7 Å². The summed E-state index contributed by atoms with van der Waals surface area (Å²) in [5, 5.41) is 22.6. The minimum Gasteiger partial charge on any atom is -0.496 e. The fourth-order valence-electron chi connectivity index (χ4n) is 3.15. The van der Waals surface area contributed by atoms with Crippen molar-refractivity contribution in [2.45, 2.75) is 18.9 Å². The summed E-state index contributed by atoms with van der Waals surface area (Å²) in [4.78, 5) is 16.7. The van der Waals surface area contributed by atoms with Crippen molar-refractivity contribution in [2.24, 2.45) is 17.0 Å². The molecule has 6 nitrogen and oxygen atoms in total. The van der Waals surface area contributed by atoms with Gasteiger partial charge < -0.3 is 19.8 Å². The first-order valence-electron chi connectivity index (χ1n) is 6.90. The Kier molecular flexibility index (Phi) is 3.55. The molecule has 0 amide bonds. The third kappa shape index (κ3) is 2.35. The molecule has 21 heavy (non-hydrogen) atoms. The number of carboxylic acid groups (broad SMARTS) is 1. The standard InChI is InChI=1S/C15H17NO5/c1-20-12-3-2-9(6-11(12)15(18)19)14-10-4-8(7-17)5-13(10)21-16-14/h2-3,6,8,10,13,17H,4-5,7H2,1H3,(H,18,19). The highest BCUT2D eigenvalue weighted by Gasteiger charge is 2.43. The van der Waals surface area contributed by atoms with Crippen molar-refractivity contribution in [1.29, 1.82) is 0 Å². The van der Waals surface area contributed by atoms with Gasteiger partial charge in [0.1, 0.15) is 17.4 Å². The largest absolute Gasteiger partial charge is 0.496 e. The zero-order valence-electron chi connectivity index (χ0n) is 11.7. The van der Waals surface area contributed by atoms with Crippen molar-refractivity contribution >= 4 is 11.7 Å². The molecule has 3 unspecified atom stereocenters. The van der Waals surface area contributed by atoms with E-state index in [1.807, 2.05) is 0 Å². The maximum atomic E-state index is 11.3. The summed E-state index contributed by atoms with van der Waals surface area (Å²) in [6, 6.07) is 4.99. The Labute approximate surface area is 122 Å². The summed E-state index contributed by atoms with van der Waals surface area (Å²) in [5.41, 5.74) is 1.61. The molecule has 1 heterocycles. The van der Waals surface area contributed by atoms with Gasteiger partial charge >= 0.3 is 5.97 Å². The summed E-state index contributed by atoms with van der Waals surface area (Å²) in [7, 11) is 1.44. The predicted octanol–water partition coefficient (Wildman–Crippen LogP) is 1.51. The Morgan fingerprint density at radius 3 is 2.95 bits per heavy atom. The maximum Gasteiger partial charge on any atom is 0.339 e. The van der Waals surface area contributed by atoms with E-state index < -0.39 is 5.97 Å². The zero-order valence-corrected chi connectivity index (χ0v) is 11.7. The van der Waals surface area contributed by atoms with Crippen LogP contribution >= 0.6 is 0 Å². The van der Waals surface area contributed by atoms with Crippen molar-refractivity contribution in [3.8, 4) is 5.75 Å². The van der Waals surface area contributed by atoms with Gasteiger partial charge in [0.15, 0.2) is 0 Å². The summed E-state index contributed by atoms with van der Waals surface area (Å²) in [6.07, 6.45) is 1.59. The summed E-state index contributed by atoms with van der Waals surface area (Å²) in [5.74, 6) is -0.369. The van der Waals surface area contributed by atoms with Gasteiger partial charge in [0.25, 0.3) is 0 Å². The first kappa shape index (κ1) is 13.9. The average Bonchev–Trinajstić information content (AvgIpc) is 3.06. The van der Waals surface area contributed by atoms with E-state index in [0.29, 0.717) is 5.75 Å². The van der Waals surface area contributed by atoms with Gasteiger partial charge in [-0.1, -0.05) is 5.16 Å². The molecule has 112 valence electrons. The molecule has 1 aliphatic carbocycles. The number of aliphatic hydroxyl groups is 1. The Morgan fingerprint density at radius 2 is 2.29 bits per heavy atom. The van der Waals surface area contributed by atoms with E-state index >= 15 is 0 Å². The molecule has 1 aromatic carbocycles. The van der Waals surface area contributed by atoms with Crippen molar-refractivity contribution < 1.29 is 24.6 Å². The first-order chi connectivity index (χ1) is 10.1. The van der Waals surface area contributed by atoms with Gasteiger partial charge in [-0.05, 0) is 37.0 Å². The van der Waals surface area contributed by atoms with Crippen molar-refractivity contribution in [3.63, 3.8) is 0 Å². The number of ether oxygens (including phenoxy) is 1. The van der Waals surface area contributed by atoms with Crippen LogP contribution in [0.3, 0.4) is 0 Å². The lowest BCUT2D eigenvalue weighted by molar-refractivity contribution is 0.0684. The molecule has 3 rings (SSSR count). The van der Waals surface area contributed by atoms with Gasteiger partial charge in [0.05, 0.1) is 12.8 Å². The highest BCUT2D eigenvalue weighted by atomic mass is 16.6. The lowest BCUT2D eigenvalue weighted by Gasteiger charge is -2.11. The number of carboxylic acids is 1. The number of aromatic carboxylic acids is 1. The van der Waals surface area contributed by atoms with E-state index in [4.69, 9.17) is 9.57 Å². The lowest BCUT2D eigenvalue weighted by atomic mass is 9.92. The Bertz CT molecular complexity index is 598. The number of hydrogen-bond donors (Lipinski definition) is 2. The van der Waals surface area contributed by atoms with E-state index in [-0.39, 0.29) is 30.1 Å². The van der Waals surface area contributed by atoms with Gasteiger partial charge in [0, 0.05) is 18.1 Å². The second-order valence-electron chi connectivity index (χ2n) is 5.47. The number of aliphatic hydroxyl groups excluding tert-OH is 1. The van der Waals surface area contributed by atoms with Crippen LogP contribution in [-0.4, -0.2) is 41.7 Å². The smallest absolute Gasteiger partial charge is 0.339 e. The summed E-state index contributed by atoms with van der Waals surface area (Å²) in [6.45, 7) is 0.145. The van der Waals surface area contributed by atoms with Crippen LogP contribution in [0.2, 0.25) is 0 Å². The molecule has 0 radical (unpaired) electrons. The van der Waals surface area contributed by atoms with Gasteiger partial charge in [-0.15, -0.1) is 0 Å². The molecule has 6 heteroatoms. The molecule has 0 spiro atoms. The van der Waals surface area contributed by atoms with E-state index in [1.165, 1.54) is 7.11 Å². The molecule has 1 aromatic rings. The summed E-state index contributed by atoms with van der Waals surface area (Å²) < 4.78 is 5.06. The summed E-state index contributed by atoms with van der Waals surface area (Å²) >= 11 is 0. The lowest BCUT2D eigenvalue weighted by Crippen LogP contribution is -2.18. The van der Waals surface area contributed by atoms with Crippen LogP contribution in [-0.2, 0) is 4.84 Å². The third-order valence-electron chi connectivity index (χ3n) is 4.22. The number of carbonyl (C=O) groups is 1. The SMILES string of the molecule is COc1ccc(C2=NOC3CC(CO)CC23)cc1C(=O)O. The first-order valence-corrected chi connectivity index (χ1v) is 6.90. The molecule has 3 atom stereocenters. The number of oxime groups is 1. The topological polar surface area (TPSA) is 88.4 Å². The number of benzene rings is 1. The van der Waals surface area contributed by atoms with Gasteiger partial charge in [-0.3, -0.25) is 0 Å². The van der Waals surface area contributed by atoms with Crippen LogP contribution in [0.25, 0.3) is 0 Å². The fourth-order valence-corrected chi connectivity index (χ4v) is 3.15. The van der Waals surface area contributed by atoms with Gasteiger partial charge in [0.2, 0.25) is 0 Å². The van der Waals surface area contributed by atoms with E-state index in [2.05, 4.69) is 5.16 Å². The molecule has 2 aliphatic rings. The minimum absolute atomic E-state index is 0.00692. The van der Waals surface area contributed by atoms with Crippen molar-refractivity contribution in [1.82, 2.24) is 0 Å². The highest BCUT2D eigenvalue weighted by Crippen LogP contribution is 2.40. The average molecular weight is 291 g/mol. The zero-order chi connectivity index (χ0) is 15.0. The number of rotatable bonds is 4. The quantitative estimate of drug-likeness (QED) is 0.878. The van der Waals surface area contributed by atoms with E-state index in [9.17, 15) is 15.0 Å². The molecule has 0 aromatic heterocycles. The monoisotopic (exact) mass is 291 g/mol. The number of nitrogens with zero attached hydrogens (tertiary/aromatic N) is 1. The second kappa shape index (κ2) is 5.37. The van der Waals surface area contributed by atoms with E-state index in [0.717, 1.165) is 24.1 Å². The minimum atomic E-state index is -1.04. The number of hydrogen-bond acceptors (Lipinski definition) is 5.